The predicted octanol–water partition coefficient (Wildman–Crippen LogP) is 1.77. The van der Waals surface area contributed by atoms with Crippen molar-refractivity contribution in [1.82, 2.24) is 9.55 Å². The molecule has 2 N–H and O–H groups in total. The number of hydrogen-bond acceptors (Lipinski definition) is 5. The zero-order valence-corrected chi connectivity index (χ0v) is 12.4. The van der Waals surface area contributed by atoms with Gasteiger partial charge in [0.2, 0.25) is 0 Å². The van der Waals surface area contributed by atoms with E-state index in [1.54, 1.807) is 6.92 Å². The Morgan fingerprint density at radius 2 is 2.30 bits per heavy atom. The summed E-state index contributed by atoms with van der Waals surface area (Å²) in [5.74, 6) is 0.704. The smallest absolute Gasteiger partial charge is 0.360 e. The van der Waals surface area contributed by atoms with E-state index in [9.17, 15) is 4.79 Å². The summed E-state index contributed by atoms with van der Waals surface area (Å²) >= 11 is 0. The molecule has 20 heavy (non-hydrogen) atoms. The molecule has 1 unspecified atom stereocenters. The molecule has 1 aliphatic heterocycles. The van der Waals surface area contributed by atoms with E-state index in [1.807, 2.05) is 11.5 Å². The van der Waals surface area contributed by atoms with E-state index in [0.717, 1.165) is 25.3 Å². The molecule has 0 aliphatic carbocycles. The van der Waals surface area contributed by atoms with Crippen LogP contribution in [0.15, 0.2) is 0 Å². The van der Waals surface area contributed by atoms with Crippen LogP contribution in [0.5, 0.6) is 0 Å². The summed E-state index contributed by atoms with van der Waals surface area (Å²) in [4.78, 5) is 16.2. The molecule has 1 atom stereocenters. The number of nitrogens with zero attached hydrogens (tertiary/aromatic N) is 2. The minimum absolute atomic E-state index is 0.213. The molecular weight excluding hydrogens is 258 g/mol. The SMILES string of the molecule is CCOC(=O)c1nc(CC)n(CC2(C)CCCO2)c1N. The number of aryl methyl sites for hydroxylation is 1. The van der Waals surface area contributed by atoms with Gasteiger partial charge in [-0.2, -0.15) is 0 Å². The van der Waals surface area contributed by atoms with Gasteiger partial charge in [0.05, 0.1) is 18.8 Å². The van der Waals surface area contributed by atoms with Crippen molar-refractivity contribution in [3.63, 3.8) is 0 Å². The molecule has 6 heteroatoms. The van der Waals surface area contributed by atoms with Gasteiger partial charge in [-0.1, -0.05) is 6.92 Å². The van der Waals surface area contributed by atoms with Gasteiger partial charge in [-0.05, 0) is 26.7 Å². The topological polar surface area (TPSA) is 79.4 Å². The number of nitrogen functional groups attached to an aromatic ring is 1. The molecule has 0 bridgehead atoms. The maximum absolute atomic E-state index is 11.9. The Hall–Kier alpha value is -1.56. The van der Waals surface area contributed by atoms with Crippen LogP contribution in [0.4, 0.5) is 5.82 Å². The highest BCUT2D eigenvalue weighted by Crippen LogP contribution is 2.29. The summed E-state index contributed by atoms with van der Waals surface area (Å²) in [6, 6.07) is 0. The van der Waals surface area contributed by atoms with Crippen LogP contribution < -0.4 is 5.73 Å². The molecular formula is C14H23N3O3. The van der Waals surface area contributed by atoms with Gasteiger partial charge >= 0.3 is 5.97 Å². The Morgan fingerprint density at radius 1 is 1.55 bits per heavy atom. The first-order valence-corrected chi connectivity index (χ1v) is 7.16. The molecule has 0 radical (unpaired) electrons. The zero-order valence-electron chi connectivity index (χ0n) is 12.4. The van der Waals surface area contributed by atoms with Gasteiger partial charge in [0.25, 0.3) is 0 Å². The van der Waals surface area contributed by atoms with Gasteiger partial charge < -0.3 is 19.8 Å². The fourth-order valence-electron chi connectivity index (χ4n) is 2.61. The van der Waals surface area contributed by atoms with Crippen LogP contribution in [0.2, 0.25) is 0 Å². The lowest BCUT2D eigenvalue weighted by Gasteiger charge is -2.25. The lowest BCUT2D eigenvalue weighted by atomic mass is 10.0. The number of hydrogen-bond donors (Lipinski definition) is 1. The summed E-state index contributed by atoms with van der Waals surface area (Å²) in [7, 11) is 0. The molecule has 1 fully saturated rings. The quantitative estimate of drug-likeness (QED) is 0.832. The summed E-state index contributed by atoms with van der Waals surface area (Å²) < 4.78 is 12.7. The van der Waals surface area contributed by atoms with Gasteiger partial charge in [0, 0.05) is 13.0 Å². The Labute approximate surface area is 119 Å². The molecule has 1 aliphatic rings. The van der Waals surface area contributed by atoms with Crippen molar-refractivity contribution in [2.75, 3.05) is 18.9 Å². The van der Waals surface area contributed by atoms with E-state index in [4.69, 9.17) is 15.2 Å². The van der Waals surface area contributed by atoms with Crippen molar-refractivity contribution < 1.29 is 14.3 Å². The van der Waals surface area contributed by atoms with Crippen molar-refractivity contribution in [3.8, 4) is 0 Å². The minimum atomic E-state index is -0.462. The average molecular weight is 281 g/mol. The van der Waals surface area contributed by atoms with Gasteiger partial charge in [-0.25, -0.2) is 9.78 Å². The molecule has 2 rings (SSSR count). The minimum Gasteiger partial charge on any atom is -0.461 e. The number of ether oxygens (including phenoxy) is 2. The molecule has 1 aromatic heterocycles. The number of aromatic nitrogens is 2. The van der Waals surface area contributed by atoms with Crippen molar-refractivity contribution in [3.05, 3.63) is 11.5 Å². The second kappa shape index (κ2) is 5.83. The molecule has 0 saturated carbocycles. The lowest BCUT2D eigenvalue weighted by molar-refractivity contribution is 0.00606. The van der Waals surface area contributed by atoms with E-state index >= 15 is 0 Å². The lowest BCUT2D eigenvalue weighted by Crippen LogP contribution is -2.31. The van der Waals surface area contributed by atoms with Crippen LogP contribution >= 0.6 is 0 Å². The first-order chi connectivity index (χ1) is 9.50. The highest BCUT2D eigenvalue weighted by Gasteiger charge is 2.32. The van der Waals surface area contributed by atoms with Crippen LogP contribution in [-0.4, -0.2) is 34.3 Å². The Kier molecular flexibility index (Phi) is 4.32. The van der Waals surface area contributed by atoms with E-state index < -0.39 is 5.97 Å². The Bertz CT molecular complexity index is 490. The highest BCUT2D eigenvalue weighted by molar-refractivity contribution is 5.92. The van der Waals surface area contributed by atoms with Crippen molar-refractivity contribution in [1.29, 1.82) is 0 Å². The fourth-order valence-corrected chi connectivity index (χ4v) is 2.61. The number of carbonyl (C=O) groups excluding carboxylic acids is 1. The molecule has 0 aromatic carbocycles. The molecule has 0 spiro atoms. The largest absolute Gasteiger partial charge is 0.461 e. The Morgan fingerprint density at radius 3 is 2.85 bits per heavy atom. The second-order valence-corrected chi connectivity index (χ2v) is 5.32. The van der Waals surface area contributed by atoms with Gasteiger partial charge in [0.1, 0.15) is 11.6 Å². The third-order valence-corrected chi connectivity index (χ3v) is 3.66. The standard InChI is InChI=1S/C14H23N3O3/c1-4-10-16-11(13(18)19-5-2)12(15)17(10)9-14(3)7-6-8-20-14/h4-9,15H2,1-3H3. The second-order valence-electron chi connectivity index (χ2n) is 5.32. The number of anilines is 1. The average Bonchev–Trinajstić information content (AvgIpc) is 2.96. The fraction of sp³-hybridized carbons (Fsp3) is 0.714. The highest BCUT2D eigenvalue weighted by atomic mass is 16.5. The van der Waals surface area contributed by atoms with E-state index in [1.165, 1.54) is 0 Å². The van der Waals surface area contributed by atoms with Crippen molar-refractivity contribution in [2.45, 2.75) is 52.2 Å². The Balaban J connectivity index is 2.29. The summed E-state index contributed by atoms with van der Waals surface area (Å²) in [6.07, 6.45) is 2.75. The third-order valence-electron chi connectivity index (χ3n) is 3.66. The molecule has 1 saturated heterocycles. The van der Waals surface area contributed by atoms with Crippen LogP contribution in [0.3, 0.4) is 0 Å². The van der Waals surface area contributed by atoms with Gasteiger partial charge in [0.15, 0.2) is 5.69 Å². The van der Waals surface area contributed by atoms with Crippen LogP contribution in [-0.2, 0) is 22.4 Å². The van der Waals surface area contributed by atoms with Crippen LogP contribution in [0.25, 0.3) is 0 Å². The first-order valence-electron chi connectivity index (χ1n) is 7.16. The number of rotatable bonds is 5. The summed E-state index contributed by atoms with van der Waals surface area (Å²) in [5, 5.41) is 0. The van der Waals surface area contributed by atoms with E-state index in [0.29, 0.717) is 25.4 Å². The number of nitrogens with two attached hydrogens (primary N) is 1. The monoisotopic (exact) mass is 281 g/mol. The molecule has 0 amide bonds. The third kappa shape index (κ3) is 2.80. The number of esters is 1. The molecule has 6 nitrogen and oxygen atoms in total. The number of imidazole rings is 1. The number of carbonyl (C=O) groups is 1. The van der Waals surface area contributed by atoms with E-state index in [2.05, 4.69) is 11.9 Å². The van der Waals surface area contributed by atoms with Crippen molar-refractivity contribution in [2.24, 2.45) is 0 Å². The van der Waals surface area contributed by atoms with Crippen LogP contribution in [0, 0.1) is 0 Å². The predicted molar refractivity (Wildman–Crippen MR) is 75.6 cm³/mol. The maximum atomic E-state index is 11.9. The maximum Gasteiger partial charge on any atom is 0.360 e. The van der Waals surface area contributed by atoms with E-state index in [-0.39, 0.29) is 11.3 Å². The van der Waals surface area contributed by atoms with Crippen LogP contribution in [0.1, 0.15) is 49.9 Å². The molecule has 1 aromatic rings. The molecule has 2 heterocycles. The van der Waals surface area contributed by atoms with Gasteiger partial charge in [-0.3, -0.25) is 0 Å². The van der Waals surface area contributed by atoms with Crippen molar-refractivity contribution >= 4 is 11.8 Å². The summed E-state index contributed by atoms with van der Waals surface area (Å²) in [6.45, 7) is 7.53. The summed E-state index contributed by atoms with van der Waals surface area (Å²) in [5.41, 5.74) is 6.07. The zero-order chi connectivity index (χ0) is 14.8. The van der Waals surface area contributed by atoms with Gasteiger partial charge in [-0.15, -0.1) is 0 Å². The molecule has 112 valence electrons. The normalized spacial score (nSPS) is 22.1. The first kappa shape index (κ1) is 14.8.